The number of nitrogen functional groups attached to an aromatic ring is 1. The van der Waals surface area contributed by atoms with E-state index in [-0.39, 0.29) is 6.10 Å². The number of fused-ring (bicyclic) bond motifs is 1. The molecule has 0 saturated heterocycles. The van der Waals surface area contributed by atoms with Gasteiger partial charge in [0, 0.05) is 13.7 Å². The summed E-state index contributed by atoms with van der Waals surface area (Å²) in [7, 11) is 1.59. The summed E-state index contributed by atoms with van der Waals surface area (Å²) in [6.07, 6.45) is -0.236. The van der Waals surface area contributed by atoms with Crippen LogP contribution in [0.1, 0.15) is 11.9 Å². The fraction of sp³-hybridized carbons (Fsp3) is 0.333. The van der Waals surface area contributed by atoms with Crippen molar-refractivity contribution in [3.63, 3.8) is 0 Å². The van der Waals surface area contributed by atoms with Crippen LogP contribution in [0.3, 0.4) is 0 Å². The molecule has 0 saturated carbocycles. The number of aromatic amines is 1. The Kier molecular flexibility index (Phi) is 2.53. The first kappa shape index (κ1) is 9.88. The van der Waals surface area contributed by atoms with Crippen molar-refractivity contribution >= 4 is 17.0 Å². The standard InChI is InChI=1S/C9H13N5O/c1-15-6(4-10)9-12-5-2-3-7(11)13-8(5)14-9/h2-3,6H,4,10H2,1H3,(H3,11,12,13,14). The SMILES string of the molecule is COC(CN)c1nc2nc(N)ccc2[nH]1. The molecule has 0 aliphatic heterocycles. The molecule has 0 aliphatic rings. The van der Waals surface area contributed by atoms with E-state index in [0.717, 1.165) is 5.52 Å². The summed E-state index contributed by atoms with van der Waals surface area (Å²) in [6, 6.07) is 3.55. The van der Waals surface area contributed by atoms with Crippen LogP contribution in [0.5, 0.6) is 0 Å². The van der Waals surface area contributed by atoms with Crippen molar-refractivity contribution in [3.8, 4) is 0 Å². The molecular weight excluding hydrogens is 194 g/mol. The summed E-state index contributed by atoms with van der Waals surface area (Å²) in [6.45, 7) is 0.367. The van der Waals surface area contributed by atoms with Gasteiger partial charge in [-0.25, -0.2) is 9.97 Å². The predicted octanol–water partition coefficient (Wildman–Crippen LogP) is 0.186. The largest absolute Gasteiger partial charge is 0.384 e. The number of nitrogens with one attached hydrogen (secondary N) is 1. The zero-order chi connectivity index (χ0) is 10.8. The number of H-pyrrole nitrogens is 1. The van der Waals surface area contributed by atoms with E-state index in [1.807, 2.05) is 6.07 Å². The van der Waals surface area contributed by atoms with Crippen LogP contribution in [0.2, 0.25) is 0 Å². The number of hydrogen-bond acceptors (Lipinski definition) is 5. The fourth-order valence-corrected chi connectivity index (χ4v) is 1.40. The van der Waals surface area contributed by atoms with E-state index in [0.29, 0.717) is 23.8 Å². The maximum atomic E-state index is 5.55. The maximum Gasteiger partial charge on any atom is 0.179 e. The Balaban J connectivity index is 2.46. The molecule has 1 unspecified atom stereocenters. The molecule has 0 aromatic carbocycles. The van der Waals surface area contributed by atoms with Crippen LogP contribution in [-0.4, -0.2) is 28.6 Å². The molecule has 2 rings (SSSR count). The van der Waals surface area contributed by atoms with Crippen molar-refractivity contribution in [2.24, 2.45) is 5.73 Å². The first-order valence-corrected chi connectivity index (χ1v) is 4.59. The number of imidazole rings is 1. The molecule has 0 radical (unpaired) electrons. The van der Waals surface area contributed by atoms with Gasteiger partial charge in [-0.05, 0) is 12.1 Å². The van der Waals surface area contributed by atoms with Crippen LogP contribution < -0.4 is 11.5 Å². The second-order valence-corrected chi connectivity index (χ2v) is 3.19. The average Bonchev–Trinajstić information content (AvgIpc) is 2.62. The van der Waals surface area contributed by atoms with E-state index >= 15 is 0 Å². The Bertz CT molecular complexity index is 462. The van der Waals surface area contributed by atoms with E-state index < -0.39 is 0 Å². The number of ether oxygens (including phenoxy) is 1. The quantitative estimate of drug-likeness (QED) is 0.666. The number of nitrogens with zero attached hydrogens (tertiary/aromatic N) is 2. The molecule has 0 aliphatic carbocycles. The third-order valence-electron chi connectivity index (χ3n) is 2.19. The van der Waals surface area contributed by atoms with Gasteiger partial charge in [-0.2, -0.15) is 0 Å². The molecule has 0 fully saturated rings. The molecule has 0 amide bonds. The van der Waals surface area contributed by atoms with Gasteiger partial charge in [-0.1, -0.05) is 0 Å². The van der Waals surface area contributed by atoms with E-state index in [1.54, 1.807) is 13.2 Å². The van der Waals surface area contributed by atoms with E-state index in [1.165, 1.54) is 0 Å². The van der Waals surface area contributed by atoms with Crippen LogP contribution in [0, 0.1) is 0 Å². The highest BCUT2D eigenvalue weighted by molar-refractivity contribution is 5.72. The summed E-state index contributed by atoms with van der Waals surface area (Å²) in [5, 5.41) is 0. The van der Waals surface area contributed by atoms with Crippen LogP contribution in [-0.2, 0) is 4.74 Å². The lowest BCUT2D eigenvalue weighted by atomic mass is 10.3. The molecule has 6 heteroatoms. The van der Waals surface area contributed by atoms with Crippen LogP contribution in [0.4, 0.5) is 5.82 Å². The molecule has 80 valence electrons. The van der Waals surface area contributed by atoms with Gasteiger partial charge < -0.3 is 21.2 Å². The van der Waals surface area contributed by atoms with Crippen LogP contribution in [0.25, 0.3) is 11.2 Å². The minimum absolute atomic E-state index is 0.236. The first-order valence-electron chi connectivity index (χ1n) is 4.59. The number of pyridine rings is 1. The lowest BCUT2D eigenvalue weighted by Gasteiger charge is -2.08. The van der Waals surface area contributed by atoms with Gasteiger partial charge in [0.05, 0.1) is 5.52 Å². The fourth-order valence-electron chi connectivity index (χ4n) is 1.40. The van der Waals surface area contributed by atoms with Crippen molar-refractivity contribution in [2.75, 3.05) is 19.4 Å². The Morgan fingerprint density at radius 1 is 1.47 bits per heavy atom. The van der Waals surface area contributed by atoms with Gasteiger partial charge in [0.15, 0.2) is 5.65 Å². The minimum atomic E-state index is -0.236. The number of hydrogen-bond donors (Lipinski definition) is 3. The normalized spacial score (nSPS) is 13.2. The molecule has 2 aromatic heterocycles. The van der Waals surface area contributed by atoms with Crippen LogP contribution in [0.15, 0.2) is 12.1 Å². The Hall–Kier alpha value is -1.66. The Morgan fingerprint density at radius 3 is 2.93 bits per heavy atom. The number of anilines is 1. The number of rotatable bonds is 3. The molecule has 1 atom stereocenters. The third-order valence-corrected chi connectivity index (χ3v) is 2.19. The van der Waals surface area contributed by atoms with Gasteiger partial charge in [0.2, 0.25) is 0 Å². The highest BCUT2D eigenvalue weighted by Crippen LogP contribution is 2.16. The smallest absolute Gasteiger partial charge is 0.179 e. The second-order valence-electron chi connectivity index (χ2n) is 3.19. The zero-order valence-electron chi connectivity index (χ0n) is 8.40. The summed E-state index contributed by atoms with van der Waals surface area (Å²) in [5.41, 5.74) is 12.5. The summed E-state index contributed by atoms with van der Waals surface area (Å²) >= 11 is 0. The molecule has 6 nitrogen and oxygen atoms in total. The summed E-state index contributed by atoms with van der Waals surface area (Å²) in [4.78, 5) is 11.4. The molecule has 2 aromatic rings. The lowest BCUT2D eigenvalue weighted by molar-refractivity contribution is 0.104. The van der Waals surface area contributed by atoms with Crippen molar-refractivity contribution in [1.82, 2.24) is 15.0 Å². The number of methoxy groups -OCH3 is 1. The molecule has 5 N–H and O–H groups in total. The zero-order valence-corrected chi connectivity index (χ0v) is 8.40. The van der Waals surface area contributed by atoms with Gasteiger partial charge in [0.25, 0.3) is 0 Å². The number of aromatic nitrogens is 3. The summed E-state index contributed by atoms with van der Waals surface area (Å²) < 4.78 is 5.17. The molecule has 0 spiro atoms. The van der Waals surface area contributed by atoms with Crippen LogP contribution >= 0.6 is 0 Å². The molecule has 0 bridgehead atoms. The highest BCUT2D eigenvalue weighted by Gasteiger charge is 2.13. The maximum absolute atomic E-state index is 5.55. The molecule has 2 heterocycles. The first-order chi connectivity index (χ1) is 7.24. The number of nitrogens with two attached hydrogens (primary N) is 2. The van der Waals surface area contributed by atoms with E-state index in [2.05, 4.69) is 15.0 Å². The average molecular weight is 207 g/mol. The highest BCUT2D eigenvalue weighted by atomic mass is 16.5. The molecule has 15 heavy (non-hydrogen) atoms. The van der Waals surface area contributed by atoms with Gasteiger partial charge in [-0.3, -0.25) is 0 Å². The third kappa shape index (κ3) is 1.77. The molecular formula is C9H13N5O. The van der Waals surface area contributed by atoms with Crippen molar-refractivity contribution in [1.29, 1.82) is 0 Å². The topological polar surface area (TPSA) is 103 Å². The van der Waals surface area contributed by atoms with Gasteiger partial charge in [-0.15, -0.1) is 0 Å². The second kappa shape index (κ2) is 3.84. The van der Waals surface area contributed by atoms with Gasteiger partial charge >= 0.3 is 0 Å². The predicted molar refractivity (Wildman–Crippen MR) is 57.1 cm³/mol. The minimum Gasteiger partial charge on any atom is -0.384 e. The Morgan fingerprint density at radius 2 is 2.27 bits per heavy atom. The van der Waals surface area contributed by atoms with Crippen molar-refractivity contribution in [3.05, 3.63) is 18.0 Å². The Labute approximate surface area is 86.6 Å². The lowest BCUT2D eigenvalue weighted by Crippen LogP contribution is -2.15. The van der Waals surface area contributed by atoms with Crippen molar-refractivity contribution in [2.45, 2.75) is 6.10 Å². The van der Waals surface area contributed by atoms with Crippen molar-refractivity contribution < 1.29 is 4.74 Å². The van der Waals surface area contributed by atoms with E-state index in [4.69, 9.17) is 16.2 Å². The summed E-state index contributed by atoms with van der Waals surface area (Å²) in [5.74, 6) is 1.12. The monoisotopic (exact) mass is 207 g/mol. The van der Waals surface area contributed by atoms with Gasteiger partial charge in [0.1, 0.15) is 17.7 Å². The van der Waals surface area contributed by atoms with E-state index in [9.17, 15) is 0 Å².